The highest BCUT2D eigenvalue weighted by atomic mass is 16.5. The molecular formula is C40H52N6O8. The summed E-state index contributed by atoms with van der Waals surface area (Å²) < 4.78 is 16.6. The smallest absolute Gasteiger partial charge is 0.257 e. The first-order valence-corrected chi connectivity index (χ1v) is 18.6. The number of aryl methyl sites for hydroxylation is 2. The first-order valence-electron chi connectivity index (χ1n) is 18.6. The van der Waals surface area contributed by atoms with Gasteiger partial charge in [-0.1, -0.05) is 43.3 Å². The number of amides is 5. The highest BCUT2D eigenvalue weighted by Crippen LogP contribution is 2.30. The molecule has 290 valence electrons. The van der Waals surface area contributed by atoms with E-state index in [1.165, 1.54) is 4.90 Å². The van der Waals surface area contributed by atoms with Crippen LogP contribution in [0.15, 0.2) is 53.1 Å². The fourth-order valence-corrected chi connectivity index (χ4v) is 6.56. The van der Waals surface area contributed by atoms with E-state index in [0.717, 1.165) is 18.4 Å². The number of methoxy groups -OCH3 is 1. The minimum absolute atomic E-state index is 0.0739. The maximum atomic E-state index is 14.2. The van der Waals surface area contributed by atoms with Crippen LogP contribution in [0.1, 0.15) is 73.0 Å². The minimum atomic E-state index is -1.14. The van der Waals surface area contributed by atoms with E-state index in [-0.39, 0.29) is 55.3 Å². The lowest BCUT2D eigenvalue weighted by Gasteiger charge is -2.29. The Balaban J connectivity index is 1.48. The van der Waals surface area contributed by atoms with Crippen LogP contribution in [0.5, 0.6) is 11.5 Å². The van der Waals surface area contributed by atoms with E-state index in [1.54, 1.807) is 76.4 Å². The maximum Gasteiger partial charge on any atom is 0.257 e. The molecule has 2 aromatic carbocycles. The quantitative estimate of drug-likeness (QED) is 0.240. The zero-order valence-corrected chi connectivity index (χ0v) is 31.9. The van der Waals surface area contributed by atoms with Crippen LogP contribution in [0.3, 0.4) is 0 Å². The summed E-state index contributed by atoms with van der Waals surface area (Å²) in [5, 5.41) is 15.4. The molecule has 0 spiro atoms. The van der Waals surface area contributed by atoms with Crippen LogP contribution in [-0.4, -0.2) is 90.6 Å². The highest BCUT2D eigenvalue weighted by Gasteiger charge is 2.34. The molecule has 1 saturated carbocycles. The van der Waals surface area contributed by atoms with E-state index in [1.807, 2.05) is 0 Å². The predicted octanol–water partition coefficient (Wildman–Crippen LogP) is 3.04. The molecule has 54 heavy (non-hydrogen) atoms. The SMILES string of the molecule is COc1ccc(C[C@@H]2NC(=O)[C@@H](NC(=O)c3c(C)noc3C)Cc3ccc(cc3)OC[C@H](CC(C)C)NC(=O)CN(CC3CC3)C(=O)[C@@H](C)NC2=O)cc1. The molecular weight excluding hydrogens is 692 g/mol. The number of benzene rings is 2. The Kier molecular flexibility index (Phi) is 13.3. The normalized spacial score (nSPS) is 21.9. The first kappa shape index (κ1) is 39.8. The van der Waals surface area contributed by atoms with Crippen molar-refractivity contribution in [3.63, 3.8) is 0 Å². The average Bonchev–Trinajstić information content (AvgIpc) is 3.89. The van der Waals surface area contributed by atoms with Crippen molar-refractivity contribution < 1.29 is 38.0 Å². The molecule has 2 aliphatic heterocycles. The van der Waals surface area contributed by atoms with Gasteiger partial charge in [-0.2, -0.15) is 0 Å². The molecule has 2 bridgehead atoms. The lowest BCUT2D eigenvalue weighted by Crippen LogP contribution is -2.58. The fourth-order valence-electron chi connectivity index (χ4n) is 6.56. The summed E-state index contributed by atoms with van der Waals surface area (Å²) in [6, 6.07) is 10.6. The maximum absolute atomic E-state index is 14.2. The van der Waals surface area contributed by atoms with Crippen molar-refractivity contribution in [3.8, 4) is 11.5 Å². The van der Waals surface area contributed by atoms with Crippen LogP contribution in [0, 0.1) is 25.7 Å². The van der Waals surface area contributed by atoms with Crippen molar-refractivity contribution in [2.75, 3.05) is 26.8 Å². The van der Waals surface area contributed by atoms with Gasteiger partial charge in [-0.25, -0.2) is 0 Å². The summed E-state index contributed by atoms with van der Waals surface area (Å²) in [4.78, 5) is 70.6. The van der Waals surface area contributed by atoms with Gasteiger partial charge in [-0.3, -0.25) is 24.0 Å². The monoisotopic (exact) mass is 744 g/mol. The molecule has 1 aromatic heterocycles. The van der Waals surface area contributed by atoms with Gasteiger partial charge in [0.1, 0.15) is 47.6 Å². The Morgan fingerprint density at radius 3 is 2.30 bits per heavy atom. The Morgan fingerprint density at radius 1 is 0.981 bits per heavy atom. The minimum Gasteiger partial charge on any atom is -0.497 e. The second-order valence-electron chi connectivity index (χ2n) is 14.8. The molecule has 5 amide bonds. The number of rotatable bonds is 9. The number of carbonyl (C=O) groups is 5. The van der Waals surface area contributed by atoms with Gasteiger partial charge in [0.2, 0.25) is 23.6 Å². The number of fused-ring (bicyclic) bond motifs is 17. The lowest BCUT2D eigenvalue weighted by molar-refractivity contribution is -0.140. The number of hydrogen-bond donors (Lipinski definition) is 4. The first-order chi connectivity index (χ1) is 25.8. The van der Waals surface area contributed by atoms with Gasteiger partial charge in [0.15, 0.2) is 0 Å². The Labute approximate surface area is 316 Å². The van der Waals surface area contributed by atoms with Crippen molar-refractivity contribution in [1.29, 1.82) is 0 Å². The molecule has 0 unspecified atom stereocenters. The van der Waals surface area contributed by atoms with Gasteiger partial charge < -0.3 is 40.2 Å². The molecule has 14 nitrogen and oxygen atoms in total. The number of hydrogen-bond acceptors (Lipinski definition) is 9. The lowest BCUT2D eigenvalue weighted by atomic mass is 10.0. The highest BCUT2D eigenvalue weighted by molar-refractivity contribution is 6.00. The molecule has 1 fully saturated rings. The molecule has 0 saturated heterocycles. The molecule has 6 rings (SSSR count). The molecule has 1 aliphatic carbocycles. The molecule has 0 radical (unpaired) electrons. The van der Waals surface area contributed by atoms with E-state index in [4.69, 9.17) is 14.0 Å². The summed E-state index contributed by atoms with van der Waals surface area (Å²) in [5.74, 6) is -0.439. The number of nitrogens with zero attached hydrogens (tertiary/aromatic N) is 2. The van der Waals surface area contributed by atoms with Gasteiger partial charge in [-0.05, 0) is 87.3 Å². The van der Waals surface area contributed by atoms with Gasteiger partial charge in [-0.15, -0.1) is 0 Å². The van der Waals surface area contributed by atoms with Crippen LogP contribution in [-0.2, 0) is 32.0 Å². The summed E-state index contributed by atoms with van der Waals surface area (Å²) in [5.41, 5.74) is 2.03. The van der Waals surface area contributed by atoms with Crippen LogP contribution in [0.25, 0.3) is 0 Å². The zero-order chi connectivity index (χ0) is 38.9. The van der Waals surface area contributed by atoms with Gasteiger partial charge in [0.25, 0.3) is 5.91 Å². The topological polar surface area (TPSA) is 181 Å². The Hall–Kier alpha value is -5.40. The summed E-state index contributed by atoms with van der Waals surface area (Å²) in [6.45, 7) is 9.37. The van der Waals surface area contributed by atoms with E-state index < -0.39 is 41.8 Å². The number of ether oxygens (including phenoxy) is 2. The van der Waals surface area contributed by atoms with Gasteiger partial charge in [0.05, 0.1) is 25.4 Å². The van der Waals surface area contributed by atoms with Crippen LogP contribution in [0.4, 0.5) is 0 Å². The average molecular weight is 745 g/mol. The van der Waals surface area contributed by atoms with Crippen molar-refractivity contribution >= 4 is 29.5 Å². The number of nitrogens with one attached hydrogen (secondary N) is 4. The van der Waals surface area contributed by atoms with E-state index in [2.05, 4.69) is 40.3 Å². The predicted molar refractivity (Wildman–Crippen MR) is 200 cm³/mol. The molecule has 4 N–H and O–H groups in total. The van der Waals surface area contributed by atoms with Crippen molar-refractivity contribution in [3.05, 3.63) is 76.7 Å². The Morgan fingerprint density at radius 2 is 1.69 bits per heavy atom. The molecule has 14 heteroatoms. The third-order valence-corrected chi connectivity index (χ3v) is 9.60. The van der Waals surface area contributed by atoms with E-state index in [0.29, 0.717) is 41.5 Å². The molecule has 4 atom stereocenters. The third-order valence-electron chi connectivity index (χ3n) is 9.60. The zero-order valence-electron chi connectivity index (χ0n) is 31.9. The van der Waals surface area contributed by atoms with Crippen LogP contribution in [0.2, 0.25) is 0 Å². The summed E-state index contributed by atoms with van der Waals surface area (Å²) in [7, 11) is 1.55. The second kappa shape index (κ2) is 18.1. The van der Waals surface area contributed by atoms with Crippen molar-refractivity contribution in [2.24, 2.45) is 11.8 Å². The van der Waals surface area contributed by atoms with Gasteiger partial charge >= 0.3 is 0 Å². The number of aromatic nitrogens is 1. The molecule has 3 heterocycles. The largest absolute Gasteiger partial charge is 0.497 e. The third kappa shape index (κ3) is 11.1. The van der Waals surface area contributed by atoms with E-state index in [9.17, 15) is 24.0 Å². The standard InChI is InChI=1S/C40H52N6O8/c1-23(2)17-30-22-53-32-15-11-28(12-16-32)19-34(44-39(50)36-24(3)45-54-26(36)5)38(49)43-33(18-27-9-13-31(52-6)14-10-27)37(48)41-25(4)40(51)46(20-29-7-8-29)21-35(47)42-30/h9-16,23,25,29-30,33-34H,7-8,17-22H2,1-6H3,(H,41,48)(H,42,47)(H,43,49)(H,44,50)/t25-,30+,33+,34+/m1/s1. The van der Waals surface area contributed by atoms with E-state index >= 15 is 0 Å². The van der Waals surface area contributed by atoms with Crippen LogP contribution < -0.4 is 30.7 Å². The number of carbonyl (C=O) groups excluding carboxylic acids is 5. The fraction of sp³-hybridized carbons (Fsp3) is 0.500. The van der Waals surface area contributed by atoms with Crippen LogP contribution >= 0.6 is 0 Å². The molecule has 3 aliphatic rings. The summed E-state index contributed by atoms with van der Waals surface area (Å²) in [6.07, 6.45) is 2.72. The molecule has 3 aromatic rings. The second-order valence-corrected chi connectivity index (χ2v) is 14.8. The Bertz CT molecular complexity index is 1770. The van der Waals surface area contributed by atoms with Crippen molar-refractivity contribution in [1.82, 2.24) is 31.3 Å². The summed E-state index contributed by atoms with van der Waals surface area (Å²) >= 11 is 0. The van der Waals surface area contributed by atoms with Gasteiger partial charge in [0, 0.05) is 19.4 Å². The van der Waals surface area contributed by atoms with Crippen molar-refractivity contribution in [2.45, 2.75) is 90.9 Å².